The average Bonchev–Trinajstić information content (AvgIpc) is 2.40. The van der Waals surface area contributed by atoms with Gasteiger partial charge in [-0.25, -0.2) is 0 Å². The fraction of sp³-hybridized carbons (Fsp3) is 0.533. The van der Waals surface area contributed by atoms with Crippen molar-refractivity contribution in [3.63, 3.8) is 0 Å². The Bertz CT molecular complexity index is 498. The molecule has 1 aromatic rings. The average molecular weight is 317 g/mol. The van der Waals surface area contributed by atoms with Crippen molar-refractivity contribution in [2.45, 2.75) is 31.5 Å². The summed E-state index contributed by atoms with van der Waals surface area (Å²) in [4.78, 5) is 11.6. The molecule has 1 atom stereocenters. The van der Waals surface area contributed by atoms with Crippen LogP contribution in [0.5, 0.6) is 5.75 Å². The fourth-order valence-electron chi connectivity index (χ4n) is 2.02. The third-order valence-electron chi connectivity index (χ3n) is 3.61. The third kappa shape index (κ3) is 4.62. The topological polar surface area (TPSA) is 58.6 Å². The number of carbonyl (C=O) groups excluding carboxylic acids is 1. The van der Waals surface area contributed by atoms with Crippen LogP contribution in [0.1, 0.15) is 24.8 Å². The molecule has 0 saturated heterocycles. The van der Waals surface area contributed by atoms with Gasteiger partial charge in [-0.3, -0.25) is 4.79 Å². The van der Waals surface area contributed by atoms with Gasteiger partial charge in [0, 0.05) is 12.5 Å². The molecule has 22 heavy (non-hydrogen) atoms. The van der Waals surface area contributed by atoms with Gasteiger partial charge >= 0.3 is 6.18 Å². The molecule has 1 aromatic carbocycles. The summed E-state index contributed by atoms with van der Waals surface area (Å²) in [6.07, 6.45) is -2.48. The van der Waals surface area contributed by atoms with E-state index in [4.69, 9.17) is 4.74 Å². The molecule has 1 fully saturated rings. The molecule has 0 spiro atoms. The Morgan fingerprint density at radius 3 is 2.45 bits per heavy atom. The third-order valence-corrected chi connectivity index (χ3v) is 3.61. The van der Waals surface area contributed by atoms with E-state index in [0.717, 1.165) is 31.4 Å². The van der Waals surface area contributed by atoms with E-state index in [1.807, 2.05) is 0 Å². The number of benzene rings is 1. The molecule has 2 N–H and O–H groups in total. The van der Waals surface area contributed by atoms with Crippen LogP contribution in [0.3, 0.4) is 0 Å². The van der Waals surface area contributed by atoms with Crippen molar-refractivity contribution in [1.29, 1.82) is 0 Å². The molecule has 1 aliphatic rings. The molecule has 0 radical (unpaired) electrons. The minimum atomic E-state index is -4.39. The molecular formula is C15H18F3NO3. The van der Waals surface area contributed by atoms with Gasteiger partial charge in [0.25, 0.3) is 0 Å². The Hall–Kier alpha value is -1.76. The van der Waals surface area contributed by atoms with Crippen LogP contribution in [0, 0.1) is 5.92 Å². The van der Waals surface area contributed by atoms with Gasteiger partial charge in [-0.2, -0.15) is 13.2 Å². The summed E-state index contributed by atoms with van der Waals surface area (Å²) in [6.45, 7) is -0.0354. The van der Waals surface area contributed by atoms with Crippen LogP contribution in [0.4, 0.5) is 13.2 Å². The number of ether oxygens (including phenoxy) is 1. The normalized spacial score (nSPS) is 16.7. The van der Waals surface area contributed by atoms with Crippen LogP contribution in [-0.2, 0) is 11.0 Å². The lowest BCUT2D eigenvalue weighted by atomic mass is 9.85. The van der Waals surface area contributed by atoms with Crippen molar-refractivity contribution in [3.8, 4) is 5.75 Å². The van der Waals surface area contributed by atoms with Crippen LogP contribution < -0.4 is 10.1 Å². The van der Waals surface area contributed by atoms with Gasteiger partial charge in [-0.15, -0.1) is 0 Å². The zero-order valence-corrected chi connectivity index (χ0v) is 11.9. The zero-order chi connectivity index (χ0) is 16.2. The maximum absolute atomic E-state index is 12.4. The van der Waals surface area contributed by atoms with Crippen LogP contribution >= 0.6 is 0 Å². The molecule has 0 bridgehead atoms. The molecule has 1 amide bonds. The second kappa shape index (κ2) is 7.00. The summed E-state index contributed by atoms with van der Waals surface area (Å²) in [7, 11) is 0. The summed E-state index contributed by atoms with van der Waals surface area (Å²) < 4.78 is 42.4. The summed E-state index contributed by atoms with van der Waals surface area (Å²) >= 11 is 0. The zero-order valence-electron chi connectivity index (χ0n) is 11.9. The number of alkyl halides is 3. The first-order valence-electron chi connectivity index (χ1n) is 7.12. The second-order valence-corrected chi connectivity index (χ2v) is 5.36. The molecule has 4 nitrogen and oxygen atoms in total. The number of hydrogen-bond acceptors (Lipinski definition) is 3. The van der Waals surface area contributed by atoms with E-state index < -0.39 is 17.8 Å². The maximum atomic E-state index is 12.4. The summed E-state index contributed by atoms with van der Waals surface area (Å²) in [5.41, 5.74) is -0.756. The number of amides is 1. The Morgan fingerprint density at radius 2 is 1.95 bits per heavy atom. The van der Waals surface area contributed by atoms with E-state index in [1.54, 1.807) is 0 Å². The molecule has 1 unspecified atom stereocenters. The van der Waals surface area contributed by atoms with Gasteiger partial charge in [0.15, 0.2) is 0 Å². The predicted molar refractivity (Wildman–Crippen MR) is 73.3 cm³/mol. The summed E-state index contributed by atoms with van der Waals surface area (Å²) in [5.74, 6) is 0.209. The van der Waals surface area contributed by atoms with E-state index in [2.05, 4.69) is 5.32 Å². The first-order valence-corrected chi connectivity index (χ1v) is 7.12. The highest BCUT2D eigenvalue weighted by Crippen LogP contribution is 2.30. The molecule has 122 valence electrons. The monoisotopic (exact) mass is 317 g/mol. The number of nitrogens with one attached hydrogen (secondary N) is 1. The van der Waals surface area contributed by atoms with Crippen molar-refractivity contribution in [1.82, 2.24) is 5.32 Å². The van der Waals surface area contributed by atoms with Gasteiger partial charge in [0.05, 0.1) is 5.56 Å². The molecular weight excluding hydrogens is 299 g/mol. The smallest absolute Gasteiger partial charge is 0.416 e. The van der Waals surface area contributed by atoms with Gasteiger partial charge in [0.1, 0.15) is 18.5 Å². The van der Waals surface area contributed by atoms with E-state index in [1.165, 1.54) is 12.1 Å². The number of aliphatic hydroxyl groups is 1. The number of hydrogen-bond donors (Lipinski definition) is 2. The van der Waals surface area contributed by atoms with Gasteiger partial charge in [-0.1, -0.05) is 6.42 Å². The number of halogens is 3. The first kappa shape index (κ1) is 16.6. The lowest BCUT2D eigenvalue weighted by Crippen LogP contribution is -2.40. The SMILES string of the molecule is O=C(NCC(O)COc1ccc(C(F)(F)F)cc1)C1CCC1. The fourth-order valence-corrected chi connectivity index (χ4v) is 2.02. The molecule has 0 aromatic heterocycles. The molecule has 2 rings (SSSR count). The quantitative estimate of drug-likeness (QED) is 0.847. The number of aliphatic hydroxyl groups excluding tert-OH is 1. The van der Waals surface area contributed by atoms with E-state index >= 15 is 0 Å². The van der Waals surface area contributed by atoms with Crippen LogP contribution in [0.25, 0.3) is 0 Å². The molecule has 1 aliphatic carbocycles. The summed E-state index contributed by atoms with van der Waals surface area (Å²) in [6, 6.07) is 4.23. The van der Waals surface area contributed by atoms with E-state index in [0.29, 0.717) is 0 Å². The Balaban J connectivity index is 1.71. The Morgan fingerprint density at radius 1 is 1.32 bits per heavy atom. The minimum absolute atomic E-state index is 0.0445. The minimum Gasteiger partial charge on any atom is -0.491 e. The highest BCUT2D eigenvalue weighted by Gasteiger charge is 2.30. The predicted octanol–water partition coefficient (Wildman–Crippen LogP) is 2.36. The number of carbonyl (C=O) groups is 1. The van der Waals surface area contributed by atoms with Crippen molar-refractivity contribution in [3.05, 3.63) is 29.8 Å². The van der Waals surface area contributed by atoms with Crippen molar-refractivity contribution in [2.75, 3.05) is 13.2 Å². The molecule has 0 aliphatic heterocycles. The van der Waals surface area contributed by atoms with Crippen LogP contribution in [0.15, 0.2) is 24.3 Å². The largest absolute Gasteiger partial charge is 0.491 e. The van der Waals surface area contributed by atoms with Crippen molar-refractivity contribution >= 4 is 5.91 Å². The van der Waals surface area contributed by atoms with E-state index in [9.17, 15) is 23.1 Å². The molecule has 7 heteroatoms. The highest BCUT2D eigenvalue weighted by molar-refractivity contribution is 5.79. The highest BCUT2D eigenvalue weighted by atomic mass is 19.4. The van der Waals surface area contributed by atoms with Crippen molar-refractivity contribution in [2.24, 2.45) is 5.92 Å². The second-order valence-electron chi connectivity index (χ2n) is 5.36. The lowest BCUT2D eigenvalue weighted by Gasteiger charge is -2.24. The van der Waals surface area contributed by atoms with Gasteiger partial charge in [0.2, 0.25) is 5.91 Å². The summed E-state index contributed by atoms with van der Waals surface area (Å²) in [5, 5.41) is 12.3. The van der Waals surface area contributed by atoms with Gasteiger partial charge in [-0.05, 0) is 37.1 Å². The van der Waals surface area contributed by atoms with Crippen LogP contribution in [-0.4, -0.2) is 30.3 Å². The number of rotatable bonds is 6. The van der Waals surface area contributed by atoms with Crippen LogP contribution in [0.2, 0.25) is 0 Å². The van der Waals surface area contributed by atoms with Gasteiger partial charge < -0.3 is 15.2 Å². The Kier molecular flexibility index (Phi) is 5.28. The first-order chi connectivity index (χ1) is 10.4. The molecule has 1 saturated carbocycles. The standard InChI is InChI=1S/C15H18F3NO3/c16-15(17,18)11-4-6-13(7-5-11)22-9-12(20)8-19-14(21)10-2-1-3-10/h4-7,10,12,20H,1-3,8-9H2,(H,19,21). The van der Waals surface area contributed by atoms with Crippen molar-refractivity contribution < 1.29 is 27.8 Å². The molecule has 0 heterocycles. The maximum Gasteiger partial charge on any atom is 0.416 e. The van der Waals surface area contributed by atoms with E-state index in [-0.39, 0.29) is 30.7 Å². The Labute approximate surface area is 126 Å². The lowest BCUT2D eigenvalue weighted by molar-refractivity contribution is -0.137.